The standard InChI is InChI=1S/C20H15F3N4O3S/c21-20(22,23)18-12-17(13-3-5-14(6-4-13)26-11-1-2-19(26)28)27(25-18)15-7-9-16(10-8-15)31(24,29)30/h1-10,12H,11H2,(H2,24,29,30). The van der Waals surface area contributed by atoms with Crippen LogP contribution in [0.2, 0.25) is 0 Å². The summed E-state index contributed by atoms with van der Waals surface area (Å²) in [5.74, 6) is -0.174. The molecule has 0 spiro atoms. The molecule has 0 bridgehead atoms. The van der Waals surface area contributed by atoms with Gasteiger partial charge in [-0.3, -0.25) is 4.79 Å². The molecule has 2 heterocycles. The lowest BCUT2D eigenvalue weighted by Crippen LogP contribution is -2.24. The van der Waals surface area contributed by atoms with E-state index in [1.54, 1.807) is 30.3 Å². The number of alkyl halides is 3. The Bertz CT molecular complexity index is 1280. The van der Waals surface area contributed by atoms with Gasteiger partial charge in [0.25, 0.3) is 5.91 Å². The van der Waals surface area contributed by atoms with Gasteiger partial charge in [-0.05, 0) is 42.5 Å². The Morgan fingerprint density at radius 1 is 0.968 bits per heavy atom. The highest BCUT2D eigenvalue weighted by Crippen LogP contribution is 2.34. The Labute approximate surface area is 175 Å². The zero-order chi connectivity index (χ0) is 22.4. The largest absolute Gasteiger partial charge is 0.435 e. The molecule has 0 fully saturated rings. The van der Waals surface area contributed by atoms with Gasteiger partial charge in [-0.1, -0.05) is 18.2 Å². The average molecular weight is 448 g/mol. The molecule has 0 atom stereocenters. The molecule has 1 amide bonds. The number of amides is 1. The highest BCUT2D eigenvalue weighted by atomic mass is 32.2. The highest BCUT2D eigenvalue weighted by Gasteiger charge is 2.35. The zero-order valence-corrected chi connectivity index (χ0v) is 16.6. The summed E-state index contributed by atoms with van der Waals surface area (Å²) in [6, 6.07) is 12.4. The minimum absolute atomic E-state index is 0.146. The zero-order valence-electron chi connectivity index (χ0n) is 15.7. The number of primary sulfonamides is 1. The number of carbonyl (C=O) groups is 1. The minimum Gasteiger partial charge on any atom is -0.305 e. The van der Waals surface area contributed by atoms with E-state index in [9.17, 15) is 26.4 Å². The maximum Gasteiger partial charge on any atom is 0.435 e. The second-order valence-corrected chi connectivity index (χ2v) is 8.32. The Kier molecular flexibility index (Phi) is 4.94. The second-order valence-electron chi connectivity index (χ2n) is 6.76. The van der Waals surface area contributed by atoms with Crippen LogP contribution in [0.3, 0.4) is 0 Å². The molecular weight excluding hydrogens is 433 g/mol. The Morgan fingerprint density at radius 2 is 1.58 bits per heavy atom. The van der Waals surface area contributed by atoms with Gasteiger partial charge in [0.15, 0.2) is 5.69 Å². The molecule has 0 aliphatic carbocycles. The van der Waals surface area contributed by atoms with Gasteiger partial charge < -0.3 is 4.90 Å². The van der Waals surface area contributed by atoms with E-state index in [0.717, 1.165) is 10.7 Å². The molecule has 7 nitrogen and oxygen atoms in total. The van der Waals surface area contributed by atoms with Gasteiger partial charge in [-0.25, -0.2) is 18.2 Å². The molecule has 1 aromatic heterocycles. The first-order valence-electron chi connectivity index (χ1n) is 8.93. The van der Waals surface area contributed by atoms with Crippen LogP contribution < -0.4 is 10.0 Å². The Morgan fingerprint density at radius 3 is 2.10 bits per heavy atom. The monoisotopic (exact) mass is 448 g/mol. The molecule has 4 rings (SSSR count). The molecule has 0 radical (unpaired) electrons. The molecule has 1 aliphatic rings. The number of rotatable bonds is 4. The number of carbonyl (C=O) groups excluding carboxylic acids is 1. The van der Waals surface area contributed by atoms with E-state index in [0.29, 0.717) is 17.8 Å². The van der Waals surface area contributed by atoms with Crippen LogP contribution in [0.4, 0.5) is 18.9 Å². The van der Waals surface area contributed by atoms with Crippen molar-refractivity contribution in [3.05, 3.63) is 72.4 Å². The summed E-state index contributed by atoms with van der Waals surface area (Å²) in [4.78, 5) is 13.2. The maximum atomic E-state index is 13.3. The van der Waals surface area contributed by atoms with E-state index in [1.807, 2.05) is 0 Å². The number of hydrogen-bond acceptors (Lipinski definition) is 4. The third kappa shape index (κ3) is 4.09. The van der Waals surface area contributed by atoms with Crippen molar-refractivity contribution in [2.75, 3.05) is 11.4 Å². The molecule has 2 aromatic carbocycles. The number of aromatic nitrogens is 2. The number of benzene rings is 2. The van der Waals surface area contributed by atoms with Crippen LogP contribution in [0.1, 0.15) is 5.69 Å². The summed E-state index contributed by atoms with van der Waals surface area (Å²) in [5.41, 5.74) is 0.315. The predicted octanol–water partition coefficient (Wildman–Crippen LogP) is 3.11. The number of hydrogen-bond donors (Lipinski definition) is 1. The van der Waals surface area contributed by atoms with Gasteiger partial charge in [-0.2, -0.15) is 18.3 Å². The van der Waals surface area contributed by atoms with E-state index in [1.165, 1.54) is 35.2 Å². The van der Waals surface area contributed by atoms with Crippen molar-refractivity contribution in [2.24, 2.45) is 5.14 Å². The lowest BCUT2D eigenvalue weighted by molar-refractivity contribution is -0.141. The van der Waals surface area contributed by atoms with Gasteiger partial charge in [0.2, 0.25) is 10.0 Å². The number of anilines is 1. The van der Waals surface area contributed by atoms with Gasteiger partial charge >= 0.3 is 6.18 Å². The van der Waals surface area contributed by atoms with Crippen LogP contribution in [0, 0.1) is 0 Å². The van der Waals surface area contributed by atoms with Crippen molar-refractivity contribution in [1.29, 1.82) is 0 Å². The summed E-state index contributed by atoms with van der Waals surface area (Å²) < 4.78 is 63.9. The fourth-order valence-corrected chi connectivity index (χ4v) is 3.70. The summed E-state index contributed by atoms with van der Waals surface area (Å²) >= 11 is 0. The van der Waals surface area contributed by atoms with E-state index in [2.05, 4.69) is 5.10 Å². The summed E-state index contributed by atoms with van der Waals surface area (Å²) in [6.07, 6.45) is -1.51. The summed E-state index contributed by atoms with van der Waals surface area (Å²) in [5, 5.41) is 8.74. The van der Waals surface area contributed by atoms with E-state index in [4.69, 9.17) is 5.14 Å². The number of nitrogens with two attached hydrogens (primary N) is 1. The lowest BCUT2D eigenvalue weighted by Gasteiger charge is -2.16. The van der Waals surface area contributed by atoms with E-state index >= 15 is 0 Å². The van der Waals surface area contributed by atoms with Crippen molar-refractivity contribution in [3.63, 3.8) is 0 Å². The first-order chi connectivity index (χ1) is 14.5. The van der Waals surface area contributed by atoms with Crippen LogP contribution in [0.5, 0.6) is 0 Å². The summed E-state index contributed by atoms with van der Waals surface area (Å²) in [6.45, 7) is 0.421. The van der Waals surface area contributed by atoms with Crippen molar-refractivity contribution in [1.82, 2.24) is 9.78 Å². The van der Waals surface area contributed by atoms with Crippen LogP contribution >= 0.6 is 0 Å². The molecule has 160 valence electrons. The third-order valence-electron chi connectivity index (χ3n) is 4.70. The molecule has 31 heavy (non-hydrogen) atoms. The molecule has 0 saturated heterocycles. The highest BCUT2D eigenvalue weighted by molar-refractivity contribution is 7.89. The second kappa shape index (κ2) is 7.36. The number of halogens is 3. The van der Waals surface area contributed by atoms with Crippen LogP contribution in [-0.4, -0.2) is 30.7 Å². The van der Waals surface area contributed by atoms with Crippen molar-refractivity contribution < 1.29 is 26.4 Å². The molecule has 1 aliphatic heterocycles. The third-order valence-corrected chi connectivity index (χ3v) is 5.63. The van der Waals surface area contributed by atoms with Gasteiger partial charge in [0.05, 0.1) is 16.3 Å². The van der Waals surface area contributed by atoms with Crippen LogP contribution in [0.25, 0.3) is 16.9 Å². The lowest BCUT2D eigenvalue weighted by atomic mass is 10.1. The quantitative estimate of drug-likeness (QED) is 0.663. The van der Waals surface area contributed by atoms with Gasteiger partial charge in [0, 0.05) is 23.9 Å². The maximum absolute atomic E-state index is 13.3. The van der Waals surface area contributed by atoms with E-state index in [-0.39, 0.29) is 22.2 Å². The van der Waals surface area contributed by atoms with Gasteiger partial charge in [-0.15, -0.1) is 0 Å². The average Bonchev–Trinajstić information content (AvgIpc) is 3.34. The first kappa shape index (κ1) is 20.8. The van der Waals surface area contributed by atoms with E-state index < -0.39 is 21.9 Å². The Balaban J connectivity index is 1.77. The smallest absolute Gasteiger partial charge is 0.305 e. The van der Waals surface area contributed by atoms with Crippen LogP contribution in [-0.2, 0) is 21.0 Å². The summed E-state index contributed by atoms with van der Waals surface area (Å²) in [7, 11) is -3.95. The SMILES string of the molecule is NS(=O)(=O)c1ccc(-n2nc(C(F)(F)F)cc2-c2ccc(N3CC=CC3=O)cc2)cc1. The fraction of sp³-hybridized carbons (Fsp3) is 0.100. The van der Waals surface area contributed by atoms with Gasteiger partial charge in [0.1, 0.15) is 0 Å². The molecule has 0 unspecified atom stereocenters. The molecule has 0 saturated carbocycles. The topological polar surface area (TPSA) is 98.3 Å². The molecule has 11 heteroatoms. The number of sulfonamides is 1. The normalized spacial score (nSPS) is 14.5. The fourth-order valence-electron chi connectivity index (χ4n) is 3.18. The van der Waals surface area contributed by atoms with Crippen molar-refractivity contribution in [2.45, 2.75) is 11.1 Å². The predicted molar refractivity (Wildman–Crippen MR) is 107 cm³/mol. The Hall–Kier alpha value is -3.44. The first-order valence-corrected chi connectivity index (χ1v) is 10.5. The molecular formula is C20H15F3N4O3S. The van der Waals surface area contributed by atoms with Crippen molar-refractivity contribution >= 4 is 21.6 Å². The van der Waals surface area contributed by atoms with Crippen LogP contribution in [0.15, 0.2) is 71.6 Å². The minimum atomic E-state index is -4.67. The molecule has 2 N–H and O–H groups in total. The number of nitrogens with zero attached hydrogens (tertiary/aromatic N) is 3. The van der Waals surface area contributed by atoms with Crippen molar-refractivity contribution in [3.8, 4) is 16.9 Å². The molecule has 3 aromatic rings.